The number of aryl methyl sites for hydroxylation is 1. The molecule has 0 saturated carbocycles. The predicted molar refractivity (Wildman–Crippen MR) is 73.4 cm³/mol. The highest BCUT2D eigenvalue weighted by atomic mass is 127. The largest absolute Gasteiger partial charge is 0.271 e. The van der Waals surface area contributed by atoms with Gasteiger partial charge in [0.2, 0.25) is 0 Å². The minimum atomic E-state index is 0.252. The first kappa shape index (κ1) is 12.9. The summed E-state index contributed by atoms with van der Waals surface area (Å²) in [4.78, 5) is 0. The second-order valence-corrected chi connectivity index (χ2v) is 5.09. The molecule has 15 heavy (non-hydrogen) atoms. The van der Waals surface area contributed by atoms with Crippen LogP contribution in [0.5, 0.6) is 0 Å². The van der Waals surface area contributed by atoms with Gasteiger partial charge in [0.25, 0.3) is 0 Å². The Morgan fingerprint density at radius 2 is 2.13 bits per heavy atom. The van der Waals surface area contributed by atoms with Crippen molar-refractivity contribution in [1.29, 1.82) is 0 Å². The van der Waals surface area contributed by atoms with Crippen LogP contribution >= 0.6 is 22.6 Å². The fraction of sp³-hybridized carbons (Fsp3) is 0.500. The van der Waals surface area contributed by atoms with E-state index in [1.54, 1.807) is 0 Å². The van der Waals surface area contributed by atoms with E-state index in [1.807, 2.05) is 0 Å². The molecule has 0 saturated heterocycles. The quantitative estimate of drug-likeness (QED) is 0.508. The van der Waals surface area contributed by atoms with E-state index in [1.165, 1.54) is 14.7 Å². The molecule has 84 valence electrons. The fourth-order valence-corrected chi connectivity index (χ4v) is 2.40. The van der Waals surface area contributed by atoms with Crippen LogP contribution in [0.15, 0.2) is 18.2 Å². The lowest BCUT2D eigenvalue weighted by atomic mass is 9.92. The van der Waals surface area contributed by atoms with Crippen LogP contribution < -0.4 is 11.3 Å². The van der Waals surface area contributed by atoms with Gasteiger partial charge < -0.3 is 0 Å². The number of rotatable bonds is 4. The number of halogens is 1. The summed E-state index contributed by atoms with van der Waals surface area (Å²) in [6.45, 7) is 6.55. The predicted octanol–water partition coefficient (Wildman–Crippen LogP) is 3.15. The third-order valence-corrected chi connectivity index (χ3v) is 4.42. The molecule has 0 heterocycles. The fourth-order valence-electron chi connectivity index (χ4n) is 1.71. The normalized spacial score (nSPS) is 15.0. The summed E-state index contributed by atoms with van der Waals surface area (Å²) in [5.74, 6) is 6.19. The number of nitrogens with two attached hydrogens (primary N) is 1. The smallest absolute Gasteiger partial charge is 0.0495 e. The Bertz CT molecular complexity index is 325. The van der Waals surface area contributed by atoms with Gasteiger partial charge in [-0.3, -0.25) is 11.3 Å². The van der Waals surface area contributed by atoms with Gasteiger partial charge in [-0.1, -0.05) is 38.5 Å². The molecule has 3 heteroatoms. The average Bonchev–Trinajstić information content (AvgIpc) is 2.24. The molecule has 0 spiro atoms. The van der Waals surface area contributed by atoms with E-state index in [0.717, 1.165) is 6.42 Å². The van der Waals surface area contributed by atoms with Crippen molar-refractivity contribution in [3.63, 3.8) is 0 Å². The molecule has 2 nitrogen and oxygen atoms in total. The van der Waals surface area contributed by atoms with Crippen molar-refractivity contribution in [2.24, 2.45) is 11.8 Å². The molecule has 0 radical (unpaired) electrons. The van der Waals surface area contributed by atoms with Crippen LogP contribution in [0.4, 0.5) is 0 Å². The zero-order chi connectivity index (χ0) is 11.4. The van der Waals surface area contributed by atoms with Gasteiger partial charge in [-0.15, -0.1) is 0 Å². The number of hydrogen-bond acceptors (Lipinski definition) is 2. The first-order chi connectivity index (χ1) is 7.11. The summed E-state index contributed by atoms with van der Waals surface area (Å²) in [5, 5.41) is 0. The highest BCUT2D eigenvalue weighted by molar-refractivity contribution is 14.1. The van der Waals surface area contributed by atoms with E-state index >= 15 is 0 Å². The molecule has 0 aromatic heterocycles. The van der Waals surface area contributed by atoms with Crippen LogP contribution in [0, 0.1) is 16.4 Å². The van der Waals surface area contributed by atoms with E-state index in [-0.39, 0.29) is 6.04 Å². The first-order valence-electron chi connectivity index (χ1n) is 5.33. The van der Waals surface area contributed by atoms with Gasteiger partial charge in [0, 0.05) is 9.61 Å². The zero-order valence-corrected chi connectivity index (χ0v) is 11.7. The van der Waals surface area contributed by atoms with Gasteiger partial charge in [0.1, 0.15) is 0 Å². The van der Waals surface area contributed by atoms with Crippen molar-refractivity contribution in [1.82, 2.24) is 5.43 Å². The summed E-state index contributed by atoms with van der Waals surface area (Å²) < 4.78 is 1.32. The molecule has 1 rings (SSSR count). The number of hydrazine groups is 1. The lowest BCUT2D eigenvalue weighted by Crippen LogP contribution is -2.33. The molecule has 2 atom stereocenters. The van der Waals surface area contributed by atoms with Crippen LogP contribution in [0.25, 0.3) is 0 Å². The summed E-state index contributed by atoms with van der Waals surface area (Å²) in [5.41, 5.74) is 5.56. The topological polar surface area (TPSA) is 38.0 Å². The molecule has 3 N–H and O–H groups in total. The molecule has 1 aromatic rings. The van der Waals surface area contributed by atoms with Crippen LogP contribution in [0.2, 0.25) is 0 Å². The Kier molecular flexibility index (Phi) is 5.02. The molecule has 0 fully saturated rings. The molecule has 0 amide bonds. The van der Waals surface area contributed by atoms with Crippen molar-refractivity contribution in [3.8, 4) is 0 Å². The monoisotopic (exact) mass is 318 g/mol. The highest BCUT2D eigenvalue weighted by Crippen LogP contribution is 2.28. The Labute approximate surface area is 106 Å². The zero-order valence-electron chi connectivity index (χ0n) is 9.55. The highest BCUT2D eigenvalue weighted by Gasteiger charge is 2.19. The van der Waals surface area contributed by atoms with Gasteiger partial charge >= 0.3 is 0 Å². The van der Waals surface area contributed by atoms with Gasteiger partial charge in [-0.25, -0.2) is 0 Å². The standard InChI is InChI=1S/C12H19IN2/c1-4-8(2)12(15-14)10-7-5-6-9(3)11(10)13/h5-8,12,15H,4,14H2,1-3H3. The van der Waals surface area contributed by atoms with Gasteiger partial charge in [0.05, 0.1) is 0 Å². The molecule has 1 aromatic carbocycles. The summed E-state index contributed by atoms with van der Waals surface area (Å²) in [7, 11) is 0. The Morgan fingerprint density at radius 3 is 2.67 bits per heavy atom. The Balaban J connectivity index is 3.07. The number of hydrogen-bond donors (Lipinski definition) is 2. The minimum Gasteiger partial charge on any atom is -0.271 e. The lowest BCUT2D eigenvalue weighted by Gasteiger charge is -2.24. The van der Waals surface area contributed by atoms with Crippen LogP contribution in [-0.2, 0) is 0 Å². The molecule has 2 unspecified atom stereocenters. The van der Waals surface area contributed by atoms with E-state index in [4.69, 9.17) is 5.84 Å². The third-order valence-electron chi connectivity index (χ3n) is 2.95. The summed E-state index contributed by atoms with van der Waals surface area (Å²) >= 11 is 2.40. The van der Waals surface area contributed by atoms with Crippen molar-refractivity contribution in [3.05, 3.63) is 32.9 Å². The van der Waals surface area contributed by atoms with Gasteiger partial charge in [0.15, 0.2) is 0 Å². The maximum absolute atomic E-state index is 5.65. The molecule has 0 aliphatic heterocycles. The average molecular weight is 318 g/mol. The SMILES string of the molecule is CCC(C)C(NN)c1cccc(C)c1I. The molecule has 0 aliphatic rings. The Hall–Kier alpha value is -0.130. The van der Waals surface area contributed by atoms with E-state index in [2.05, 4.69) is 67.0 Å². The number of nitrogens with one attached hydrogen (secondary N) is 1. The third kappa shape index (κ3) is 2.92. The molecule has 0 bridgehead atoms. The molecular formula is C12H19IN2. The summed E-state index contributed by atoms with van der Waals surface area (Å²) in [6, 6.07) is 6.64. The maximum atomic E-state index is 5.65. The first-order valence-corrected chi connectivity index (χ1v) is 6.40. The van der Waals surface area contributed by atoms with E-state index < -0.39 is 0 Å². The second-order valence-electron chi connectivity index (χ2n) is 4.01. The number of benzene rings is 1. The Morgan fingerprint density at radius 1 is 1.47 bits per heavy atom. The molecular weight excluding hydrogens is 299 g/mol. The molecule has 0 aliphatic carbocycles. The maximum Gasteiger partial charge on any atom is 0.0495 e. The second kappa shape index (κ2) is 5.82. The van der Waals surface area contributed by atoms with Crippen LogP contribution in [-0.4, -0.2) is 0 Å². The lowest BCUT2D eigenvalue weighted by molar-refractivity contribution is 0.381. The summed E-state index contributed by atoms with van der Waals surface area (Å²) in [6.07, 6.45) is 1.12. The van der Waals surface area contributed by atoms with Crippen LogP contribution in [0.3, 0.4) is 0 Å². The minimum absolute atomic E-state index is 0.252. The van der Waals surface area contributed by atoms with Crippen molar-refractivity contribution in [2.75, 3.05) is 0 Å². The van der Waals surface area contributed by atoms with Crippen LogP contribution in [0.1, 0.15) is 37.4 Å². The van der Waals surface area contributed by atoms with E-state index in [0.29, 0.717) is 5.92 Å². The van der Waals surface area contributed by atoms with Crippen molar-refractivity contribution >= 4 is 22.6 Å². The van der Waals surface area contributed by atoms with E-state index in [9.17, 15) is 0 Å². The van der Waals surface area contributed by atoms with Gasteiger partial charge in [-0.05, 0) is 46.6 Å². The van der Waals surface area contributed by atoms with Gasteiger partial charge in [-0.2, -0.15) is 0 Å². The van der Waals surface area contributed by atoms with Crippen molar-refractivity contribution < 1.29 is 0 Å². The van der Waals surface area contributed by atoms with Crippen molar-refractivity contribution in [2.45, 2.75) is 33.2 Å².